The molecule has 0 aromatic rings. The van der Waals surface area contributed by atoms with Gasteiger partial charge in [0.05, 0.1) is 13.2 Å². The molecule has 0 saturated carbocycles. The van der Waals surface area contributed by atoms with Crippen LogP contribution in [0.5, 0.6) is 0 Å². The first-order valence-corrected chi connectivity index (χ1v) is 11.3. The standard InChI is InChI=1S/C12H26N2.C11H23NO/c1-12(2,3)6-5-7-14-10-8-13(4)9-11-14;1-11(2,3)5-4-6-12-7-9-13-10-8-12/h5-11H2,1-4H3;4-10H2,1-3H3. The highest BCUT2D eigenvalue weighted by Crippen LogP contribution is 2.21. The Balaban J connectivity index is 0.000000271. The third-order valence-corrected chi connectivity index (χ3v) is 5.50. The minimum atomic E-state index is 0.492. The molecule has 0 aromatic carbocycles. The molecule has 0 radical (unpaired) electrons. The van der Waals surface area contributed by atoms with E-state index < -0.39 is 0 Å². The Kier molecular flexibility index (Phi) is 11.4. The summed E-state index contributed by atoms with van der Waals surface area (Å²) in [5.41, 5.74) is 0.999. The zero-order valence-electron chi connectivity index (χ0n) is 19.6. The summed E-state index contributed by atoms with van der Waals surface area (Å²) in [6.45, 7) is 25.6. The van der Waals surface area contributed by atoms with E-state index in [9.17, 15) is 0 Å². The van der Waals surface area contributed by atoms with Crippen LogP contribution in [0.4, 0.5) is 0 Å². The first-order valence-electron chi connectivity index (χ1n) is 11.3. The summed E-state index contributed by atoms with van der Waals surface area (Å²) in [5, 5.41) is 0. The van der Waals surface area contributed by atoms with Crippen molar-refractivity contribution in [3.63, 3.8) is 0 Å². The summed E-state index contributed by atoms with van der Waals surface area (Å²) in [5.74, 6) is 0. The molecule has 0 aromatic heterocycles. The lowest BCUT2D eigenvalue weighted by Gasteiger charge is -2.32. The van der Waals surface area contributed by atoms with Crippen LogP contribution in [-0.4, -0.2) is 87.3 Å². The molecule has 2 saturated heterocycles. The van der Waals surface area contributed by atoms with Crippen LogP contribution in [0, 0.1) is 10.8 Å². The molecule has 2 aliphatic heterocycles. The smallest absolute Gasteiger partial charge is 0.0594 e. The number of hydrogen-bond acceptors (Lipinski definition) is 4. The lowest BCUT2D eigenvalue weighted by molar-refractivity contribution is 0.0361. The highest BCUT2D eigenvalue weighted by molar-refractivity contribution is 4.70. The van der Waals surface area contributed by atoms with Gasteiger partial charge < -0.3 is 14.5 Å². The van der Waals surface area contributed by atoms with Crippen LogP contribution in [-0.2, 0) is 4.74 Å². The first kappa shape index (κ1) is 24.9. The second kappa shape index (κ2) is 12.4. The van der Waals surface area contributed by atoms with Gasteiger partial charge in [-0.3, -0.25) is 4.90 Å². The second-order valence-corrected chi connectivity index (χ2v) is 10.9. The van der Waals surface area contributed by atoms with E-state index >= 15 is 0 Å². The molecular weight excluding hydrogens is 334 g/mol. The summed E-state index contributed by atoms with van der Waals surface area (Å²) >= 11 is 0. The lowest BCUT2D eigenvalue weighted by atomic mass is 9.90. The monoisotopic (exact) mass is 383 g/mol. The number of piperazine rings is 1. The van der Waals surface area contributed by atoms with Crippen molar-refractivity contribution in [2.45, 2.75) is 67.2 Å². The molecule has 4 heteroatoms. The highest BCUT2D eigenvalue weighted by atomic mass is 16.5. The zero-order valence-corrected chi connectivity index (χ0v) is 19.6. The summed E-state index contributed by atoms with van der Waals surface area (Å²) in [6, 6.07) is 0. The summed E-state index contributed by atoms with van der Waals surface area (Å²) in [6.07, 6.45) is 5.35. The molecule has 4 nitrogen and oxygen atoms in total. The number of ether oxygens (including phenoxy) is 1. The molecular formula is C23H49N3O. The van der Waals surface area contributed by atoms with Gasteiger partial charge in [-0.15, -0.1) is 0 Å². The summed E-state index contributed by atoms with van der Waals surface area (Å²) in [7, 11) is 2.21. The van der Waals surface area contributed by atoms with Crippen LogP contribution in [0.15, 0.2) is 0 Å². The molecule has 0 amide bonds. The summed E-state index contributed by atoms with van der Waals surface area (Å²) < 4.78 is 5.31. The maximum Gasteiger partial charge on any atom is 0.0594 e. The summed E-state index contributed by atoms with van der Waals surface area (Å²) in [4.78, 5) is 7.53. The second-order valence-electron chi connectivity index (χ2n) is 10.9. The van der Waals surface area contributed by atoms with E-state index in [0.717, 1.165) is 26.3 Å². The van der Waals surface area contributed by atoms with Gasteiger partial charge in [-0.05, 0) is 56.7 Å². The number of nitrogens with zero attached hydrogens (tertiary/aromatic N) is 3. The van der Waals surface area contributed by atoms with Crippen molar-refractivity contribution in [3.05, 3.63) is 0 Å². The Hall–Kier alpha value is -0.160. The van der Waals surface area contributed by atoms with Crippen LogP contribution in [0.25, 0.3) is 0 Å². The van der Waals surface area contributed by atoms with Crippen molar-refractivity contribution in [3.8, 4) is 0 Å². The average Bonchev–Trinajstić information content (AvgIpc) is 2.56. The van der Waals surface area contributed by atoms with E-state index in [1.54, 1.807) is 0 Å². The fourth-order valence-corrected chi connectivity index (χ4v) is 3.56. The minimum absolute atomic E-state index is 0.492. The van der Waals surface area contributed by atoms with Gasteiger partial charge in [0.15, 0.2) is 0 Å². The fraction of sp³-hybridized carbons (Fsp3) is 1.00. The van der Waals surface area contributed by atoms with Crippen molar-refractivity contribution in [2.24, 2.45) is 10.8 Å². The van der Waals surface area contributed by atoms with Gasteiger partial charge in [0.25, 0.3) is 0 Å². The topological polar surface area (TPSA) is 19.0 Å². The molecule has 0 unspecified atom stereocenters. The number of rotatable bonds is 6. The van der Waals surface area contributed by atoms with Crippen LogP contribution >= 0.6 is 0 Å². The zero-order chi connectivity index (χ0) is 20.3. The van der Waals surface area contributed by atoms with Gasteiger partial charge in [0.2, 0.25) is 0 Å². The van der Waals surface area contributed by atoms with Crippen LogP contribution < -0.4 is 0 Å². The molecule has 162 valence electrons. The Bertz CT molecular complexity index is 359. The number of morpholine rings is 1. The van der Waals surface area contributed by atoms with Gasteiger partial charge in [0.1, 0.15) is 0 Å². The first-order chi connectivity index (χ1) is 12.6. The van der Waals surface area contributed by atoms with Crippen molar-refractivity contribution in [1.29, 1.82) is 0 Å². The van der Waals surface area contributed by atoms with E-state index in [4.69, 9.17) is 4.74 Å². The lowest BCUT2D eigenvalue weighted by Crippen LogP contribution is -2.44. The maximum atomic E-state index is 5.31. The molecule has 0 aliphatic carbocycles. The fourth-order valence-electron chi connectivity index (χ4n) is 3.56. The SMILES string of the molecule is CC(C)(C)CCCN1CCOCC1.CN1CCN(CCCC(C)(C)C)CC1. The maximum absolute atomic E-state index is 5.31. The Morgan fingerprint density at radius 2 is 1.04 bits per heavy atom. The largest absolute Gasteiger partial charge is 0.379 e. The third-order valence-electron chi connectivity index (χ3n) is 5.50. The molecule has 2 rings (SSSR count). The predicted molar refractivity (Wildman–Crippen MR) is 119 cm³/mol. The van der Waals surface area contributed by atoms with Gasteiger partial charge in [0, 0.05) is 39.3 Å². The van der Waals surface area contributed by atoms with Crippen molar-refractivity contribution >= 4 is 0 Å². The molecule has 2 heterocycles. The minimum Gasteiger partial charge on any atom is -0.379 e. The van der Waals surface area contributed by atoms with Crippen molar-refractivity contribution in [2.75, 3.05) is 72.6 Å². The van der Waals surface area contributed by atoms with Gasteiger partial charge in [-0.2, -0.15) is 0 Å². The van der Waals surface area contributed by atoms with E-state index in [2.05, 4.69) is 63.3 Å². The van der Waals surface area contributed by atoms with Gasteiger partial charge in [-0.1, -0.05) is 41.5 Å². The van der Waals surface area contributed by atoms with E-state index in [1.165, 1.54) is 65.0 Å². The Morgan fingerprint density at radius 3 is 1.44 bits per heavy atom. The molecule has 0 N–H and O–H groups in total. The Labute approximate surface area is 170 Å². The number of hydrogen-bond donors (Lipinski definition) is 0. The Morgan fingerprint density at radius 1 is 0.630 bits per heavy atom. The third kappa shape index (κ3) is 14.5. The normalized spacial score (nSPS) is 21.0. The quantitative estimate of drug-likeness (QED) is 0.684. The molecule has 2 aliphatic rings. The van der Waals surface area contributed by atoms with Crippen LogP contribution in [0.3, 0.4) is 0 Å². The molecule has 27 heavy (non-hydrogen) atoms. The van der Waals surface area contributed by atoms with Gasteiger partial charge in [-0.25, -0.2) is 0 Å². The van der Waals surface area contributed by atoms with E-state index in [1.807, 2.05) is 0 Å². The predicted octanol–water partition coefficient (Wildman–Crippen LogP) is 4.21. The number of likely N-dealkylation sites (N-methyl/N-ethyl adjacent to an activating group) is 1. The molecule has 0 atom stereocenters. The van der Waals surface area contributed by atoms with Crippen molar-refractivity contribution in [1.82, 2.24) is 14.7 Å². The van der Waals surface area contributed by atoms with Crippen LogP contribution in [0.1, 0.15) is 67.2 Å². The van der Waals surface area contributed by atoms with E-state index in [0.29, 0.717) is 10.8 Å². The molecule has 0 spiro atoms. The van der Waals surface area contributed by atoms with Crippen molar-refractivity contribution < 1.29 is 4.74 Å². The highest BCUT2D eigenvalue weighted by Gasteiger charge is 2.15. The van der Waals surface area contributed by atoms with Crippen LogP contribution in [0.2, 0.25) is 0 Å². The van der Waals surface area contributed by atoms with Gasteiger partial charge >= 0.3 is 0 Å². The molecule has 0 bridgehead atoms. The average molecular weight is 384 g/mol. The van der Waals surface area contributed by atoms with E-state index in [-0.39, 0.29) is 0 Å². The molecule has 2 fully saturated rings.